The summed E-state index contributed by atoms with van der Waals surface area (Å²) in [6.45, 7) is 0. The molecule has 1 aromatic heterocycles. The smallest absolute Gasteiger partial charge is 0.275 e. The third-order valence-corrected chi connectivity index (χ3v) is 2.71. The summed E-state index contributed by atoms with van der Waals surface area (Å²) in [6, 6.07) is 4.68. The standard InChI is InChI=1S/C9H6Cl2N2O2/c10-5-2-1-4(3-6(5)11)7-8(14)12-13-9(7)15/h1-3H,(H3,12,13,14,15). The molecule has 0 saturated carbocycles. The van der Waals surface area contributed by atoms with Crippen LogP contribution in [0.25, 0.3) is 11.1 Å². The van der Waals surface area contributed by atoms with Gasteiger partial charge in [0, 0.05) is 0 Å². The predicted octanol–water partition coefficient (Wildman–Crippen LogP) is 2.38. The first-order valence-corrected chi connectivity index (χ1v) is 4.80. The molecule has 0 bridgehead atoms. The van der Waals surface area contributed by atoms with E-state index < -0.39 is 5.56 Å². The van der Waals surface area contributed by atoms with Gasteiger partial charge in [0.25, 0.3) is 5.56 Å². The molecule has 0 saturated heterocycles. The van der Waals surface area contributed by atoms with Crippen LogP contribution in [0.15, 0.2) is 23.0 Å². The summed E-state index contributed by atoms with van der Waals surface area (Å²) < 4.78 is 0. The molecule has 0 spiro atoms. The normalized spacial score (nSPS) is 10.5. The highest BCUT2D eigenvalue weighted by Gasteiger charge is 2.12. The third-order valence-electron chi connectivity index (χ3n) is 1.97. The largest absolute Gasteiger partial charge is 0.493 e. The van der Waals surface area contributed by atoms with Crippen molar-refractivity contribution in [3.05, 3.63) is 38.6 Å². The Morgan fingerprint density at radius 3 is 2.40 bits per heavy atom. The van der Waals surface area contributed by atoms with E-state index in [0.717, 1.165) is 0 Å². The number of aromatic amines is 2. The van der Waals surface area contributed by atoms with Crippen molar-refractivity contribution in [1.29, 1.82) is 0 Å². The Labute approximate surface area is 94.4 Å². The number of aromatic hydroxyl groups is 1. The summed E-state index contributed by atoms with van der Waals surface area (Å²) in [6.07, 6.45) is 0. The maximum atomic E-state index is 11.3. The topological polar surface area (TPSA) is 68.9 Å². The number of H-pyrrole nitrogens is 2. The number of benzene rings is 1. The summed E-state index contributed by atoms with van der Waals surface area (Å²) in [4.78, 5) is 11.3. The molecule has 3 N–H and O–H groups in total. The van der Waals surface area contributed by atoms with Gasteiger partial charge in [-0.25, -0.2) is 0 Å². The summed E-state index contributed by atoms with van der Waals surface area (Å²) in [5.41, 5.74) is 0.240. The van der Waals surface area contributed by atoms with E-state index in [0.29, 0.717) is 15.6 Å². The molecule has 2 rings (SSSR count). The van der Waals surface area contributed by atoms with Crippen molar-refractivity contribution < 1.29 is 5.11 Å². The van der Waals surface area contributed by atoms with Gasteiger partial charge in [-0.3, -0.25) is 15.0 Å². The summed E-state index contributed by atoms with van der Waals surface area (Å²) in [5, 5.41) is 14.7. The fourth-order valence-corrected chi connectivity index (χ4v) is 1.57. The summed E-state index contributed by atoms with van der Waals surface area (Å²) in [5.74, 6) is -0.224. The van der Waals surface area contributed by atoms with Gasteiger partial charge >= 0.3 is 0 Å². The van der Waals surface area contributed by atoms with Gasteiger partial charge in [0.05, 0.1) is 10.0 Å². The van der Waals surface area contributed by atoms with Crippen LogP contribution < -0.4 is 5.56 Å². The Balaban J connectivity index is 2.65. The van der Waals surface area contributed by atoms with Gasteiger partial charge in [0.1, 0.15) is 5.56 Å². The van der Waals surface area contributed by atoms with E-state index in [1.165, 1.54) is 6.07 Å². The van der Waals surface area contributed by atoms with Crippen LogP contribution in [-0.2, 0) is 0 Å². The average molecular weight is 245 g/mol. The second-order valence-electron chi connectivity index (χ2n) is 2.93. The minimum atomic E-state index is -0.411. The fraction of sp³-hybridized carbons (Fsp3) is 0. The zero-order chi connectivity index (χ0) is 11.0. The lowest BCUT2D eigenvalue weighted by Crippen LogP contribution is -2.01. The first-order valence-electron chi connectivity index (χ1n) is 4.04. The maximum Gasteiger partial charge on any atom is 0.275 e. The maximum absolute atomic E-state index is 11.3. The van der Waals surface area contributed by atoms with Crippen LogP contribution >= 0.6 is 23.2 Å². The molecular weight excluding hydrogens is 239 g/mol. The molecule has 0 radical (unpaired) electrons. The minimum Gasteiger partial charge on any atom is -0.493 e. The molecule has 0 amide bonds. The Hall–Kier alpha value is -1.39. The molecule has 6 heteroatoms. The average Bonchev–Trinajstić information content (AvgIpc) is 2.52. The van der Waals surface area contributed by atoms with E-state index in [4.69, 9.17) is 23.2 Å². The highest BCUT2D eigenvalue weighted by Crippen LogP contribution is 2.29. The molecule has 4 nitrogen and oxygen atoms in total. The van der Waals surface area contributed by atoms with Gasteiger partial charge in [-0.15, -0.1) is 0 Å². The minimum absolute atomic E-state index is 0.147. The Kier molecular flexibility index (Phi) is 2.46. The summed E-state index contributed by atoms with van der Waals surface area (Å²) in [7, 11) is 0. The fourth-order valence-electron chi connectivity index (χ4n) is 1.27. The van der Waals surface area contributed by atoms with E-state index in [9.17, 15) is 9.90 Å². The van der Waals surface area contributed by atoms with Crippen molar-refractivity contribution in [3.8, 4) is 17.0 Å². The van der Waals surface area contributed by atoms with Crippen LogP contribution in [0.3, 0.4) is 0 Å². The lowest BCUT2D eigenvalue weighted by atomic mass is 10.1. The predicted molar refractivity (Wildman–Crippen MR) is 58.5 cm³/mol. The Morgan fingerprint density at radius 1 is 1.13 bits per heavy atom. The molecule has 0 aliphatic rings. The van der Waals surface area contributed by atoms with Crippen LogP contribution in [0.1, 0.15) is 0 Å². The molecular formula is C9H6Cl2N2O2. The number of hydrogen-bond acceptors (Lipinski definition) is 2. The van der Waals surface area contributed by atoms with Crippen molar-refractivity contribution >= 4 is 23.2 Å². The van der Waals surface area contributed by atoms with Crippen LogP contribution in [0.4, 0.5) is 0 Å². The first-order chi connectivity index (χ1) is 7.09. The van der Waals surface area contributed by atoms with Gasteiger partial charge in [-0.1, -0.05) is 29.3 Å². The Bertz CT molecular complexity index is 559. The zero-order valence-electron chi connectivity index (χ0n) is 7.34. The molecule has 1 heterocycles. The quantitative estimate of drug-likeness (QED) is 0.721. The van der Waals surface area contributed by atoms with Gasteiger partial charge < -0.3 is 5.11 Å². The highest BCUT2D eigenvalue weighted by atomic mass is 35.5. The highest BCUT2D eigenvalue weighted by molar-refractivity contribution is 6.42. The number of rotatable bonds is 1. The molecule has 2 aromatic rings. The van der Waals surface area contributed by atoms with Crippen molar-refractivity contribution in [2.45, 2.75) is 0 Å². The van der Waals surface area contributed by atoms with E-state index in [-0.39, 0.29) is 11.4 Å². The van der Waals surface area contributed by atoms with Crippen LogP contribution in [0, 0.1) is 0 Å². The van der Waals surface area contributed by atoms with Gasteiger partial charge in [-0.2, -0.15) is 0 Å². The van der Waals surface area contributed by atoms with Crippen LogP contribution in [-0.4, -0.2) is 15.3 Å². The second-order valence-corrected chi connectivity index (χ2v) is 3.75. The molecule has 0 fully saturated rings. The number of nitrogens with one attached hydrogen (secondary N) is 2. The van der Waals surface area contributed by atoms with Crippen molar-refractivity contribution in [3.63, 3.8) is 0 Å². The lowest BCUT2D eigenvalue weighted by molar-refractivity contribution is 0.454. The number of halogens is 2. The van der Waals surface area contributed by atoms with Crippen molar-refractivity contribution in [2.24, 2.45) is 0 Å². The SMILES string of the molecule is O=c1[nH][nH]c(O)c1-c1ccc(Cl)c(Cl)c1. The molecule has 0 unspecified atom stereocenters. The number of aromatic nitrogens is 2. The molecule has 0 aliphatic heterocycles. The first kappa shape index (κ1) is 10.1. The van der Waals surface area contributed by atoms with E-state index in [2.05, 4.69) is 10.2 Å². The van der Waals surface area contributed by atoms with Gasteiger partial charge in [0.15, 0.2) is 0 Å². The molecule has 78 valence electrons. The van der Waals surface area contributed by atoms with Gasteiger partial charge in [-0.05, 0) is 17.7 Å². The van der Waals surface area contributed by atoms with E-state index in [1.807, 2.05) is 0 Å². The Morgan fingerprint density at radius 2 is 1.87 bits per heavy atom. The van der Waals surface area contributed by atoms with Crippen molar-refractivity contribution in [1.82, 2.24) is 10.2 Å². The molecule has 0 atom stereocenters. The van der Waals surface area contributed by atoms with Crippen LogP contribution in [0.2, 0.25) is 10.0 Å². The third kappa shape index (κ3) is 1.73. The van der Waals surface area contributed by atoms with Gasteiger partial charge in [0.2, 0.25) is 5.88 Å². The van der Waals surface area contributed by atoms with E-state index in [1.54, 1.807) is 12.1 Å². The van der Waals surface area contributed by atoms with Crippen molar-refractivity contribution in [2.75, 3.05) is 0 Å². The lowest BCUT2D eigenvalue weighted by Gasteiger charge is -1.99. The number of hydrogen-bond donors (Lipinski definition) is 3. The second kappa shape index (κ2) is 3.64. The molecule has 1 aromatic carbocycles. The summed E-state index contributed by atoms with van der Waals surface area (Å²) >= 11 is 11.5. The monoisotopic (exact) mass is 244 g/mol. The molecule has 15 heavy (non-hydrogen) atoms. The van der Waals surface area contributed by atoms with E-state index >= 15 is 0 Å². The van der Waals surface area contributed by atoms with Crippen LogP contribution in [0.5, 0.6) is 5.88 Å². The molecule has 0 aliphatic carbocycles. The zero-order valence-corrected chi connectivity index (χ0v) is 8.86.